The zero-order valence-corrected chi connectivity index (χ0v) is 13.1. The molecule has 0 saturated heterocycles. The molecule has 2 aromatic rings. The first kappa shape index (κ1) is 15.1. The molecule has 1 aliphatic carbocycles. The third-order valence-electron chi connectivity index (χ3n) is 3.99. The van der Waals surface area contributed by atoms with Crippen molar-refractivity contribution in [2.24, 2.45) is 0 Å². The molecular formula is C16H19N3O2S. The molecule has 1 fully saturated rings. The molecule has 116 valence electrons. The summed E-state index contributed by atoms with van der Waals surface area (Å²) in [6.45, 7) is 0.407. The predicted molar refractivity (Wildman–Crippen MR) is 85.2 cm³/mol. The van der Waals surface area contributed by atoms with Gasteiger partial charge in [0.1, 0.15) is 5.01 Å². The molecule has 0 bridgehead atoms. The Bertz CT molecular complexity index is 636. The lowest BCUT2D eigenvalue weighted by atomic mass is 9.98. The second-order valence-electron chi connectivity index (χ2n) is 5.75. The lowest BCUT2D eigenvalue weighted by Gasteiger charge is -2.20. The number of rotatable bonds is 5. The minimum absolute atomic E-state index is 0.106. The van der Waals surface area contributed by atoms with Crippen molar-refractivity contribution in [1.82, 2.24) is 15.3 Å². The SMILES string of the molecule is O=C(CC1(O)CCCC1)NCc1nc(-c2ccncc2)cs1. The van der Waals surface area contributed by atoms with Crippen molar-refractivity contribution in [2.75, 3.05) is 0 Å². The Morgan fingerprint density at radius 3 is 2.77 bits per heavy atom. The highest BCUT2D eigenvalue weighted by Gasteiger charge is 2.33. The summed E-state index contributed by atoms with van der Waals surface area (Å²) >= 11 is 1.52. The molecule has 0 aliphatic heterocycles. The van der Waals surface area contributed by atoms with Gasteiger partial charge in [0.25, 0.3) is 0 Å². The van der Waals surface area contributed by atoms with Crippen LogP contribution in [0.4, 0.5) is 0 Å². The number of carbonyl (C=O) groups is 1. The molecule has 1 aliphatic rings. The van der Waals surface area contributed by atoms with Crippen LogP contribution in [0.15, 0.2) is 29.9 Å². The van der Waals surface area contributed by atoms with E-state index in [1.807, 2.05) is 17.5 Å². The Morgan fingerprint density at radius 2 is 2.05 bits per heavy atom. The minimum Gasteiger partial charge on any atom is -0.389 e. The average molecular weight is 317 g/mol. The monoisotopic (exact) mass is 317 g/mol. The van der Waals surface area contributed by atoms with Crippen LogP contribution in [0.1, 0.15) is 37.1 Å². The number of hydrogen-bond donors (Lipinski definition) is 2. The van der Waals surface area contributed by atoms with Crippen LogP contribution in [0, 0.1) is 0 Å². The van der Waals surface area contributed by atoms with Gasteiger partial charge in [0.15, 0.2) is 0 Å². The van der Waals surface area contributed by atoms with Gasteiger partial charge in [0.2, 0.25) is 5.91 Å². The summed E-state index contributed by atoms with van der Waals surface area (Å²) in [5.41, 5.74) is 1.12. The van der Waals surface area contributed by atoms with Gasteiger partial charge in [-0.05, 0) is 25.0 Å². The molecular weight excluding hydrogens is 298 g/mol. The van der Waals surface area contributed by atoms with Gasteiger partial charge in [-0.15, -0.1) is 11.3 Å². The summed E-state index contributed by atoms with van der Waals surface area (Å²) in [4.78, 5) is 20.5. The van der Waals surface area contributed by atoms with Crippen LogP contribution in [-0.4, -0.2) is 26.6 Å². The summed E-state index contributed by atoms with van der Waals surface area (Å²) in [6.07, 6.45) is 7.12. The molecule has 22 heavy (non-hydrogen) atoms. The van der Waals surface area contributed by atoms with Crippen molar-refractivity contribution < 1.29 is 9.90 Å². The maximum absolute atomic E-state index is 12.0. The first-order valence-electron chi connectivity index (χ1n) is 7.49. The normalized spacial score (nSPS) is 16.6. The number of carbonyl (C=O) groups excluding carboxylic acids is 1. The van der Waals surface area contributed by atoms with Gasteiger partial charge in [0, 0.05) is 23.3 Å². The highest BCUT2D eigenvalue weighted by molar-refractivity contribution is 7.09. The summed E-state index contributed by atoms with van der Waals surface area (Å²) in [6, 6.07) is 3.82. The molecule has 0 radical (unpaired) electrons. The second kappa shape index (κ2) is 6.54. The summed E-state index contributed by atoms with van der Waals surface area (Å²) < 4.78 is 0. The van der Waals surface area contributed by atoms with Crippen LogP contribution >= 0.6 is 11.3 Å². The molecule has 0 unspecified atom stereocenters. The van der Waals surface area contributed by atoms with E-state index in [1.165, 1.54) is 11.3 Å². The van der Waals surface area contributed by atoms with E-state index < -0.39 is 5.60 Å². The van der Waals surface area contributed by atoms with Crippen molar-refractivity contribution in [2.45, 2.75) is 44.2 Å². The highest BCUT2D eigenvalue weighted by Crippen LogP contribution is 2.32. The number of thiazole rings is 1. The van der Waals surface area contributed by atoms with E-state index in [-0.39, 0.29) is 12.3 Å². The van der Waals surface area contributed by atoms with E-state index >= 15 is 0 Å². The molecule has 0 aromatic carbocycles. The van der Waals surface area contributed by atoms with Crippen LogP contribution in [0.3, 0.4) is 0 Å². The summed E-state index contributed by atoms with van der Waals surface area (Å²) in [5, 5.41) is 15.9. The fourth-order valence-corrected chi connectivity index (χ4v) is 3.54. The number of aromatic nitrogens is 2. The quantitative estimate of drug-likeness (QED) is 0.888. The molecule has 0 spiro atoms. The van der Waals surface area contributed by atoms with Crippen molar-refractivity contribution in [3.05, 3.63) is 34.9 Å². The Hall–Kier alpha value is -1.79. The molecule has 1 amide bonds. The van der Waals surface area contributed by atoms with Crippen LogP contribution < -0.4 is 5.32 Å². The number of aliphatic hydroxyl groups is 1. The maximum atomic E-state index is 12.0. The number of amides is 1. The lowest BCUT2D eigenvalue weighted by molar-refractivity contribution is -0.126. The van der Waals surface area contributed by atoms with Crippen LogP contribution in [0.5, 0.6) is 0 Å². The van der Waals surface area contributed by atoms with Crippen LogP contribution in [0.25, 0.3) is 11.3 Å². The van der Waals surface area contributed by atoms with E-state index in [2.05, 4.69) is 15.3 Å². The molecule has 6 heteroatoms. The van der Waals surface area contributed by atoms with Crippen molar-refractivity contribution >= 4 is 17.2 Å². The van der Waals surface area contributed by atoms with Gasteiger partial charge in [-0.25, -0.2) is 4.98 Å². The molecule has 3 rings (SSSR count). The predicted octanol–water partition coefficient (Wildman–Crippen LogP) is 2.52. The summed E-state index contributed by atoms with van der Waals surface area (Å²) in [5.74, 6) is -0.106. The first-order valence-corrected chi connectivity index (χ1v) is 8.36. The largest absolute Gasteiger partial charge is 0.389 e. The Kier molecular flexibility index (Phi) is 4.49. The molecule has 2 heterocycles. The minimum atomic E-state index is -0.796. The number of pyridine rings is 1. The Labute approximate surface area is 133 Å². The van der Waals surface area contributed by atoms with E-state index in [0.717, 1.165) is 41.9 Å². The molecule has 1 saturated carbocycles. The molecule has 0 atom stereocenters. The third kappa shape index (κ3) is 3.69. The van der Waals surface area contributed by atoms with Gasteiger partial charge in [-0.1, -0.05) is 12.8 Å². The topological polar surface area (TPSA) is 75.1 Å². The van der Waals surface area contributed by atoms with E-state index in [1.54, 1.807) is 12.4 Å². The van der Waals surface area contributed by atoms with Gasteiger partial charge in [-0.3, -0.25) is 9.78 Å². The van der Waals surface area contributed by atoms with Crippen LogP contribution in [-0.2, 0) is 11.3 Å². The van der Waals surface area contributed by atoms with Crippen molar-refractivity contribution in [1.29, 1.82) is 0 Å². The van der Waals surface area contributed by atoms with Gasteiger partial charge >= 0.3 is 0 Å². The zero-order chi connectivity index (χ0) is 15.4. The standard InChI is InChI=1S/C16H19N3O2S/c20-14(9-16(21)5-1-2-6-16)18-10-15-19-13(11-22-15)12-3-7-17-8-4-12/h3-4,7-8,11,21H,1-2,5-6,9-10H2,(H,18,20). The van der Waals surface area contributed by atoms with Gasteiger partial charge < -0.3 is 10.4 Å². The fourth-order valence-electron chi connectivity index (χ4n) is 2.79. The Balaban J connectivity index is 1.54. The average Bonchev–Trinajstić information content (AvgIpc) is 3.15. The van der Waals surface area contributed by atoms with E-state index in [9.17, 15) is 9.90 Å². The number of nitrogens with one attached hydrogen (secondary N) is 1. The zero-order valence-electron chi connectivity index (χ0n) is 12.3. The van der Waals surface area contributed by atoms with Crippen molar-refractivity contribution in [3.63, 3.8) is 0 Å². The fraction of sp³-hybridized carbons (Fsp3) is 0.438. The highest BCUT2D eigenvalue weighted by atomic mass is 32.1. The smallest absolute Gasteiger partial charge is 0.223 e. The number of hydrogen-bond acceptors (Lipinski definition) is 5. The third-order valence-corrected chi connectivity index (χ3v) is 4.84. The van der Waals surface area contributed by atoms with E-state index in [0.29, 0.717) is 6.54 Å². The van der Waals surface area contributed by atoms with Crippen LogP contribution in [0.2, 0.25) is 0 Å². The lowest BCUT2D eigenvalue weighted by Crippen LogP contribution is -2.34. The Morgan fingerprint density at radius 1 is 1.32 bits per heavy atom. The van der Waals surface area contributed by atoms with E-state index in [4.69, 9.17) is 0 Å². The molecule has 2 N–H and O–H groups in total. The molecule has 2 aromatic heterocycles. The maximum Gasteiger partial charge on any atom is 0.223 e. The van der Waals surface area contributed by atoms with Gasteiger partial charge in [-0.2, -0.15) is 0 Å². The van der Waals surface area contributed by atoms with Crippen molar-refractivity contribution in [3.8, 4) is 11.3 Å². The summed E-state index contributed by atoms with van der Waals surface area (Å²) in [7, 11) is 0. The number of nitrogens with zero attached hydrogens (tertiary/aromatic N) is 2. The van der Waals surface area contributed by atoms with Gasteiger partial charge in [0.05, 0.1) is 24.3 Å². The second-order valence-corrected chi connectivity index (χ2v) is 6.69. The molecule has 5 nitrogen and oxygen atoms in total. The first-order chi connectivity index (χ1) is 10.6.